The van der Waals surface area contributed by atoms with E-state index in [1.54, 1.807) is 12.1 Å². The van der Waals surface area contributed by atoms with Crippen molar-refractivity contribution in [3.05, 3.63) is 230 Å². The largest absolute Gasteiger partial charge is 0.477 e. The van der Waals surface area contributed by atoms with Crippen molar-refractivity contribution >= 4 is 99.8 Å². The SMILES string of the molecule is C/C(=C\c1ccc(N(c2ccc(/C=C/c3ccc(-c4ccc(/C=C(/C#N)C(=O)O)s4)cc3)cc2)c2ccc(/C=C/c3ccc(-c4ccc(/C=C(/C#N)C(=O)O)s4)cc3)cc2)cc1)c1ccccc1. The highest BCUT2D eigenvalue weighted by Gasteiger charge is 2.14. The van der Waals surface area contributed by atoms with Crippen LogP contribution in [0.2, 0.25) is 0 Å². The lowest BCUT2D eigenvalue weighted by molar-refractivity contribution is -0.133. The maximum absolute atomic E-state index is 11.3. The Morgan fingerprint density at radius 1 is 0.456 bits per heavy atom. The summed E-state index contributed by atoms with van der Waals surface area (Å²) in [6.07, 6.45) is 13.3. The molecule has 0 saturated heterocycles. The smallest absolute Gasteiger partial charge is 0.346 e. The highest BCUT2D eigenvalue weighted by Crippen LogP contribution is 2.36. The lowest BCUT2D eigenvalue weighted by Crippen LogP contribution is -2.09. The van der Waals surface area contributed by atoms with Crippen molar-refractivity contribution in [1.82, 2.24) is 0 Å². The molecule has 0 bridgehead atoms. The number of hydrogen-bond acceptors (Lipinski definition) is 7. The molecule has 0 amide bonds. The minimum Gasteiger partial charge on any atom is -0.477 e. The van der Waals surface area contributed by atoms with Crippen molar-refractivity contribution in [3.63, 3.8) is 0 Å². The minimum atomic E-state index is -1.24. The topological polar surface area (TPSA) is 125 Å². The monoisotopic (exact) mass is 919 g/mol. The van der Waals surface area contributed by atoms with Gasteiger partial charge in [0.1, 0.15) is 23.3 Å². The summed E-state index contributed by atoms with van der Waals surface area (Å²) in [4.78, 5) is 28.2. The summed E-state index contributed by atoms with van der Waals surface area (Å²) in [5.74, 6) is -2.48. The number of thiophene rings is 2. The Hall–Kier alpha value is -8.86. The molecule has 8 rings (SSSR count). The lowest BCUT2D eigenvalue weighted by Gasteiger charge is -2.26. The van der Waals surface area contributed by atoms with Crippen molar-refractivity contribution in [2.75, 3.05) is 4.90 Å². The number of nitrogens with zero attached hydrogens (tertiary/aromatic N) is 3. The third-order valence-electron chi connectivity index (χ3n) is 10.9. The number of nitriles is 2. The molecule has 328 valence electrons. The third kappa shape index (κ3) is 11.5. The molecule has 68 heavy (non-hydrogen) atoms. The van der Waals surface area contributed by atoms with Gasteiger partial charge in [-0.1, -0.05) is 146 Å². The van der Waals surface area contributed by atoms with Crippen molar-refractivity contribution < 1.29 is 19.8 Å². The van der Waals surface area contributed by atoms with Crippen LogP contribution in [0.5, 0.6) is 0 Å². The number of allylic oxidation sites excluding steroid dienone is 1. The van der Waals surface area contributed by atoms with Gasteiger partial charge in [-0.15, -0.1) is 22.7 Å². The molecule has 0 fully saturated rings. The quantitative estimate of drug-likeness (QED) is 0.0596. The fourth-order valence-electron chi connectivity index (χ4n) is 7.31. The first-order chi connectivity index (χ1) is 33.1. The maximum atomic E-state index is 11.3. The van der Waals surface area contributed by atoms with Crippen LogP contribution in [-0.2, 0) is 9.59 Å². The summed E-state index contributed by atoms with van der Waals surface area (Å²) < 4.78 is 0. The normalized spacial score (nSPS) is 12.0. The van der Waals surface area contributed by atoms with E-state index in [0.29, 0.717) is 9.75 Å². The fraction of sp³-hybridized carbons (Fsp3) is 0.0169. The van der Waals surface area contributed by atoms with Gasteiger partial charge in [0, 0.05) is 36.6 Å². The molecule has 0 atom stereocenters. The van der Waals surface area contributed by atoms with Crippen LogP contribution in [0, 0.1) is 22.7 Å². The van der Waals surface area contributed by atoms with Gasteiger partial charge in [0.2, 0.25) is 0 Å². The van der Waals surface area contributed by atoms with E-state index in [1.807, 2.05) is 78.9 Å². The van der Waals surface area contributed by atoms with Crippen LogP contribution in [0.3, 0.4) is 0 Å². The van der Waals surface area contributed by atoms with Gasteiger partial charge in [-0.2, -0.15) is 10.5 Å². The van der Waals surface area contributed by atoms with E-state index < -0.39 is 11.9 Å². The molecule has 0 aliphatic heterocycles. The fourth-order valence-corrected chi connectivity index (χ4v) is 9.23. The molecule has 9 heteroatoms. The van der Waals surface area contributed by atoms with Crippen LogP contribution in [0.25, 0.3) is 69.0 Å². The molecule has 6 aromatic carbocycles. The Morgan fingerprint density at radius 2 is 0.809 bits per heavy atom. The van der Waals surface area contributed by atoms with E-state index in [2.05, 4.69) is 139 Å². The molecule has 0 radical (unpaired) electrons. The molecule has 2 heterocycles. The Morgan fingerprint density at radius 3 is 1.16 bits per heavy atom. The molecule has 0 saturated carbocycles. The van der Waals surface area contributed by atoms with Gasteiger partial charge in [-0.25, -0.2) is 9.59 Å². The average molecular weight is 920 g/mol. The zero-order valence-corrected chi connectivity index (χ0v) is 38.3. The molecule has 0 spiro atoms. The summed E-state index contributed by atoms with van der Waals surface area (Å²) in [7, 11) is 0. The van der Waals surface area contributed by atoms with Crippen LogP contribution in [0.1, 0.15) is 50.1 Å². The highest BCUT2D eigenvalue weighted by atomic mass is 32.1. The lowest BCUT2D eigenvalue weighted by atomic mass is 10.0. The number of carbonyl (C=O) groups is 2. The van der Waals surface area contributed by atoms with Gasteiger partial charge in [-0.05, 0) is 130 Å². The van der Waals surface area contributed by atoms with Crippen LogP contribution in [0.4, 0.5) is 17.1 Å². The molecular weight excluding hydrogens is 879 g/mol. The molecule has 2 aromatic heterocycles. The van der Waals surface area contributed by atoms with Crippen LogP contribution in [-0.4, -0.2) is 22.2 Å². The van der Waals surface area contributed by atoms with Gasteiger partial charge in [-0.3, -0.25) is 0 Å². The second-order valence-corrected chi connectivity index (χ2v) is 17.8. The maximum Gasteiger partial charge on any atom is 0.346 e. The number of hydrogen-bond donors (Lipinski definition) is 2. The second-order valence-electron chi connectivity index (χ2n) is 15.6. The van der Waals surface area contributed by atoms with E-state index in [9.17, 15) is 19.8 Å². The predicted octanol–water partition coefficient (Wildman–Crippen LogP) is 15.5. The Bertz CT molecular complexity index is 3150. The molecule has 0 aliphatic rings. The minimum absolute atomic E-state index is 0.295. The average Bonchev–Trinajstić information content (AvgIpc) is 4.06. The zero-order valence-electron chi connectivity index (χ0n) is 36.7. The second kappa shape index (κ2) is 21.4. The first-order valence-electron chi connectivity index (χ1n) is 21.4. The summed E-state index contributed by atoms with van der Waals surface area (Å²) in [6.45, 7) is 2.13. The summed E-state index contributed by atoms with van der Waals surface area (Å²) >= 11 is 2.87. The number of anilines is 3. The Kier molecular flexibility index (Phi) is 14.4. The zero-order chi connectivity index (χ0) is 47.4. The highest BCUT2D eigenvalue weighted by molar-refractivity contribution is 7.16. The van der Waals surface area contributed by atoms with Gasteiger partial charge in [0.15, 0.2) is 0 Å². The number of carboxylic acid groups (broad SMARTS) is 2. The van der Waals surface area contributed by atoms with Gasteiger partial charge in [0.25, 0.3) is 0 Å². The van der Waals surface area contributed by atoms with Crippen LogP contribution < -0.4 is 4.90 Å². The molecule has 0 unspecified atom stereocenters. The van der Waals surface area contributed by atoms with E-state index in [0.717, 1.165) is 65.8 Å². The van der Waals surface area contributed by atoms with Crippen molar-refractivity contribution in [2.45, 2.75) is 6.92 Å². The van der Waals surface area contributed by atoms with Crippen LogP contribution >= 0.6 is 22.7 Å². The summed E-state index contributed by atoms with van der Waals surface area (Å²) in [5, 5.41) is 36.6. The van der Waals surface area contributed by atoms with Crippen molar-refractivity contribution in [2.24, 2.45) is 0 Å². The van der Waals surface area contributed by atoms with Crippen molar-refractivity contribution in [3.8, 4) is 33.0 Å². The Labute approximate surface area is 403 Å². The van der Waals surface area contributed by atoms with Gasteiger partial charge < -0.3 is 15.1 Å². The molecule has 0 aliphatic carbocycles. The number of carboxylic acids is 2. The molecule has 7 nitrogen and oxygen atoms in total. The van der Waals surface area contributed by atoms with E-state index in [1.165, 1.54) is 46.0 Å². The number of rotatable bonds is 15. The molecule has 8 aromatic rings. The molecule has 2 N–H and O–H groups in total. The first-order valence-corrected chi connectivity index (χ1v) is 23.1. The number of benzene rings is 6. The Balaban J connectivity index is 0.993. The van der Waals surface area contributed by atoms with E-state index >= 15 is 0 Å². The van der Waals surface area contributed by atoms with Gasteiger partial charge >= 0.3 is 11.9 Å². The third-order valence-corrected chi connectivity index (χ3v) is 13.1. The predicted molar refractivity (Wildman–Crippen MR) is 281 cm³/mol. The van der Waals surface area contributed by atoms with Crippen LogP contribution in [0.15, 0.2) is 187 Å². The number of aliphatic carboxylic acids is 2. The van der Waals surface area contributed by atoms with E-state index in [4.69, 9.17) is 10.5 Å². The summed E-state index contributed by atoms with van der Waals surface area (Å²) in [5.41, 5.74) is 12.1. The standard InChI is InChI=1S/C59H41N3O4S2/c1-40(46-5-3-2-4-6-46)35-45-19-29-53(30-20-45)62(51-25-15-43(16-26-51)9-7-41-11-21-47(22-12-41)56-33-31-54(67-56)36-49(38-60)58(63)64)52-27-17-44(18-28-52)10-8-42-13-23-48(24-14-42)57-34-32-55(68-57)37-50(39-61)59(65)66/h2-37H,1H3,(H,63,64)(H,65,66)/b9-7+,10-8+,40-35+,49-36-,50-37-. The van der Waals surface area contributed by atoms with E-state index in [-0.39, 0.29) is 11.1 Å². The first kappa shape index (κ1) is 45.7. The summed E-state index contributed by atoms with van der Waals surface area (Å²) in [6, 6.07) is 63.2. The van der Waals surface area contributed by atoms with Gasteiger partial charge in [0.05, 0.1) is 0 Å². The molecular formula is C59H41N3O4S2. The van der Waals surface area contributed by atoms with Crippen molar-refractivity contribution in [1.29, 1.82) is 10.5 Å².